The second kappa shape index (κ2) is 4.09. The number of aryl methyl sites for hydroxylation is 1. The van der Waals surface area contributed by atoms with Crippen LogP contribution in [0.25, 0.3) is 5.82 Å². The lowest BCUT2D eigenvalue weighted by Gasteiger charge is -2.04. The number of methoxy groups -OCH3 is 1. The van der Waals surface area contributed by atoms with Crippen LogP contribution in [0.1, 0.15) is 16.3 Å². The smallest absolute Gasteiger partial charge is 0.356 e. The Balaban J connectivity index is 2.44. The average molecular weight is 218 g/mol. The fraction of sp³-hybridized carbons (Fsp3) is 0.200. The maximum atomic E-state index is 11.3. The summed E-state index contributed by atoms with van der Waals surface area (Å²) in [6.07, 6.45) is 4.75. The molecule has 0 fully saturated rings. The molecular formula is C10H10N4O2. The molecule has 2 aromatic rings. The number of nitrogens with zero attached hydrogens (tertiary/aromatic N) is 4. The summed E-state index contributed by atoms with van der Waals surface area (Å²) in [7, 11) is 1.31. The fourth-order valence-electron chi connectivity index (χ4n) is 1.32. The molecule has 0 spiro atoms. The average Bonchev–Trinajstić information content (AvgIpc) is 2.74. The SMILES string of the molecule is COC(=O)c1cc(-n2ccnc2C)ncn1. The maximum absolute atomic E-state index is 11.3. The molecule has 0 aliphatic carbocycles. The zero-order valence-corrected chi connectivity index (χ0v) is 8.91. The third-order valence-corrected chi connectivity index (χ3v) is 2.12. The monoisotopic (exact) mass is 218 g/mol. The summed E-state index contributed by atoms with van der Waals surface area (Å²) in [5.41, 5.74) is 0.223. The quantitative estimate of drug-likeness (QED) is 0.696. The maximum Gasteiger partial charge on any atom is 0.356 e. The lowest BCUT2D eigenvalue weighted by Crippen LogP contribution is -2.07. The molecule has 82 valence electrons. The standard InChI is InChI=1S/C10H10N4O2/c1-7-11-3-4-14(7)9-5-8(10(15)16-2)12-6-13-9/h3-6H,1-2H3. The molecule has 2 heterocycles. The Labute approximate surface area is 91.9 Å². The van der Waals surface area contributed by atoms with Crippen molar-refractivity contribution in [1.29, 1.82) is 0 Å². The van der Waals surface area contributed by atoms with Crippen molar-refractivity contribution in [2.45, 2.75) is 6.92 Å². The topological polar surface area (TPSA) is 69.9 Å². The fourth-order valence-corrected chi connectivity index (χ4v) is 1.32. The van der Waals surface area contributed by atoms with Crippen molar-refractivity contribution in [1.82, 2.24) is 19.5 Å². The highest BCUT2D eigenvalue weighted by atomic mass is 16.5. The van der Waals surface area contributed by atoms with Crippen molar-refractivity contribution in [2.24, 2.45) is 0 Å². The Bertz CT molecular complexity index is 521. The van der Waals surface area contributed by atoms with Crippen LogP contribution >= 0.6 is 0 Å². The van der Waals surface area contributed by atoms with E-state index >= 15 is 0 Å². The highest BCUT2D eigenvalue weighted by molar-refractivity contribution is 5.87. The van der Waals surface area contributed by atoms with Gasteiger partial charge in [-0.2, -0.15) is 0 Å². The van der Waals surface area contributed by atoms with Crippen LogP contribution in [0.15, 0.2) is 24.8 Å². The van der Waals surface area contributed by atoms with Gasteiger partial charge in [-0.15, -0.1) is 0 Å². The van der Waals surface area contributed by atoms with Gasteiger partial charge in [-0.3, -0.25) is 4.57 Å². The van der Waals surface area contributed by atoms with Crippen molar-refractivity contribution in [3.8, 4) is 5.82 Å². The minimum absolute atomic E-state index is 0.223. The van der Waals surface area contributed by atoms with Gasteiger partial charge in [-0.1, -0.05) is 0 Å². The highest BCUT2D eigenvalue weighted by Gasteiger charge is 2.10. The van der Waals surface area contributed by atoms with Crippen LogP contribution in [0.3, 0.4) is 0 Å². The summed E-state index contributed by atoms with van der Waals surface area (Å²) < 4.78 is 6.34. The number of imidazole rings is 1. The summed E-state index contributed by atoms with van der Waals surface area (Å²) in [6.45, 7) is 1.85. The number of aromatic nitrogens is 4. The minimum Gasteiger partial charge on any atom is -0.464 e. The van der Waals surface area contributed by atoms with Gasteiger partial charge in [0.05, 0.1) is 7.11 Å². The summed E-state index contributed by atoms with van der Waals surface area (Å²) in [5, 5.41) is 0. The molecule has 0 bridgehead atoms. The van der Waals surface area contributed by atoms with Crippen LogP contribution in [-0.2, 0) is 4.74 Å². The van der Waals surface area contributed by atoms with Crippen molar-refractivity contribution >= 4 is 5.97 Å². The normalized spacial score (nSPS) is 10.1. The number of hydrogen-bond donors (Lipinski definition) is 0. The molecule has 0 radical (unpaired) electrons. The van der Waals surface area contributed by atoms with Crippen LogP contribution < -0.4 is 0 Å². The van der Waals surface area contributed by atoms with Gasteiger partial charge in [-0.25, -0.2) is 19.7 Å². The van der Waals surface area contributed by atoms with Gasteiger partial charge in [-0.05, 0) is 6.92 Å². The molecule has 6 nitrogen and oxygen atoms in total. The first-order valence-corrected chi connectivity index (χ1v) is 4.63. The molecule has 2 aromatic heterocycles. The van der Waals surface area contributed by atoms with Gasteiger partial charge >= 0.3 is 5.97 Å². The van der Waals surface area contributed by atoms with Crippen molar-refractivity contribution in [3.63, 3.8) is 0 Å². The molecule has 0 saturated heterocycles. The lowest BCUT2D eigenvalue weighted by molar-refractivity contribution is 0.0593. The van der Waals surface area contributed by atoms with Gasteiger partial charge in [0.25, 0.3) is 0 Å². The van der Waals surface area contributed by atoms with E-state index in [0.717, 1.165) is 5.82 Å². The van der Waals surface area contributed by atoms with Gasteiger partial charge in [0.1, 0.15) is 18.0 Å². The number of hydrogen-bond acceptors (Lipinski definition) is 5. The molecule has 16 heavy (non-hydrogen) atoms. The largest absolute Gasteiger partial charge is 0.464 e. The first-order valence-electron chi connectivity index (χ1n) is 4.63. The zero-order valence-electron chi connectivity index (χ0n) is 8.91. The molecule has 0 saturated carbocycles. The van der Waals surface area contributed by atoms with E-state index in [9.17, 15) is 4.79 Å². The molecule has 0 aliphatic heterocycles. The third-order valence-electron chi connectivity index (χ3n) is 2.12. The van der Waals surface area contributed by atoms with E-state index in [-0.39, 0.29) is 5.69 Å². The van der Waals surface area contributed by atoms with Crippen molar-refractivity contribution < 1.29 is 9.53 Å². The van der Waals surface area contributed by atoms with E-state index in [1.807, 2.05) is 6.92 Å². The highest BCUT2D eigenvalue weighted by Crippen LogP contribution is 2.08. The Morgan fingerprint density at radius 2 is 2.19 bits per heavy atom. The first-order chi connectivity index (χ1) is 7.72. The summed E-state index contributed by atoms with van der Waals surface area (Å²) >= 11 is 0. The molecule has 0 unspecified atom stereocenters. The molecule has 2 rings (SSSR count). The van der Waals surface area contributed by atoms with E-state index in [2.05, 4.69) is 19.7 Å². The van der Waals surface area contributed by atoms with E-state index in [4.69, 9.17) is 0 Å². The summed E-state index contributed by atoms with van der Waals surface area (Å²) in [4.78, 5) is 23.3. The summed E-state index contributed by atoms with van der Waals surface area (Å²) in [5.74, 6) is 0.890. The van der Waals surface area contributed by atoms with Crippen LogP contribution in [0, 0.1) is 6.92 Å². The van der Waals surface area contributed by atoms with Crippen LogP contribution in [0.4, 0.5) is 0 Å². The zero-order chi connectivity index (χ0) is 11.5. The number of rotatable bonds is 2. The van der Waals surface area contributed by atoms with Crippen molar-refractivity contribution in [2.75, 3.05) is 7.11 Å². The Morgan fingerprint density at radius 1 is 1.38 bits per heavy atom. The van der Waals surface area contributed by atoms with E-state index in [0.29, 0.717) is 5.82 Å². The van der Waals surface area contributed by atoms with Gasteiger partial charge in [0, 0.05) is 18.5 Å². The molecule has 0 N–H and O–H groups in total. The molecule has 0 atom stereocenters. The van der Waals surface area contributed by atoms with E-state index < -0.39 is 5.97 Å². The Kier molecular flexibility index (Phi) is 2.63. The molecule has 6 heteroatoms. The predicted molar refractivity (Wildman–Crippen MR) is 55.2 cm³/mol. The third kappa shape index (κ3) is 1.77. The number of ether oxygens (including phenoxy) is 1. The molecule has 0 amide bonds. The van der Waals surface area contributed by atoms with Gasteiger partial charge in [0.15, 0.2) is 5.69 Å². The Morgan fingerprint density at radius 3 is 2.81 bits per heavy atom. The van der Waals surface area contributed by atoms with Gasteiger partial charge in [0.2, 0.25) is 0 Å². The predicted octanol–water partition coefficient (Wildman–Crippen LogP) is 0.757. The molecule has 0 aromatic carbocycles. The molecular weight excluding hydrogens is 208 g/mol. The minimum atomic E-state index is -0.485. The van der Waals surface area contributed by atoms with Crippen LogP contribution in [0.5, 0.6) is 0 Å². The molecule has 0 aliphatic rings. The van der Waals surface area contributed by atoms with Crippen LogP contribution in [-0.4, -0.2) is 32.6 Å². The second-order valence-corrected chi connectivity index (χ2v) is 3.10. The summed E-state index contributed by atoms with van der Waals surface area (Å²) in [6, 6.07) is 1.56. The van der Waals surface area contributed by atoms with Gasteiger partial charge < -0.3 is 4.74 Å². The number of carbonyl (C=O) groups is 1. The first kappa shape index (κ1) is 10.3. The van der Waals surface area contributed by atoms with E-state index in [1.165, 1.54) is 13.4 Å². The van der Waals surface area contributed by atoms with Crippen molar-refractivity contribution in [3.05, 3.63) is 36.3 Å². The lowest BCUT2D eigenvalue weighted by atomic mass is 10.4. The van der Waals surface area contributed by atoms with Crippen LogP contribution in [0.2, 0.25) is 0 Å². The van der Waals surface area contributed by atoms with E-state index in [1.54, 1.807) is 23.0 Å². The number of carbonyl (C=O) groups excluding carboxylic acids is 1. The second-order valence-electron chi connectivity index (χ2n) is 3.10. The number of esters is 1. The Hall–Kier alpha value is -2.24.